The third-order valence-corrected chi connectivity index (χ3v) is 10.9. The quantitative estimate of drug-likeness (QED) is 0.0884. The molecule has 0 spiro atoms. The van der Waals surface area contributed by atoms with Gasteiger partial charge in [0.25, 0.3) is 0 Å². The van der Waals surface area contributed by atoms with Gasteiger partial charge in [-0.15, -0.1) is 11.3 Å². The predicted octanol–water partition coefficient (Wildman–Crippen LogP) is 8.00. The fraction of sp³-hybridized carbons (Fsp3) is 0.439. The number of rotatable bonds is 16. The van der Waals surface area contributed by atoms with Crippen LogP contribution in [0.3, 0.4) is 0 Å². The number of likely N-dealkylation sites (tertiary alicyclic amines) is 1. The Bertz CT molecular complexity index is 1760. The van der Waals surface area contributed by atoms with E-state index in [1.807, 2.05) is 54.6 Å². The summed E-state index contributed by atoms with van der Waals surface area (Å²) in [5, 5.41) is 20.0. The lowest BCUT2D eigenvalue weighted by Crippen LogP contribution is -2.44. The largest absolute Gasteiger partial charge is 0.494 e. The molecular formula is C41H49N3O6S. The molecule has 1 amide bonds. The zero-order valence-electron chi connectivity index (χ0n) is 30.0. The number of nitrogens with zero attached hydrogens (tertiary/aromatic N) is 3. The van der Waals surface area contributed by atoms with Gasteiger partial charge in [-0.2, -0.15) is 0 Å². The third kappa shape index (κ3) is 10.1. The Kier molecular flexibility index (Phi) is 12.8. The molecule has 9 nitrogen and oxygen atoms in total. The molecule has 4 aromatic rings. The van der Waals surface area contributed by atoms with E-state index in [0.717, 1.165) is 45.9 Å². The lowest BCUT2D eigenvalue weighted by molar-refractivity contribution is -0.149. The number of hydrogen-bond donors (Lipinski definition) is 2. The number of ketones is 1. The van der Waals surface area contributed by atoms with Crippen LogP contribution in [-0.4, -0.2) is 68.0 Å². The number of ether oxygens (including phenoxy) is 1. The van der Waals surface area contributed by atoms with Gasteiger partial charge in [0.05, 0.1) is 17.6 Å². The number of thiophene rings is 1. The molecule has 0 aliphatic carbocycles. The fourth-order valence-corrected chi connectivity index (χ4v) is 7.34. The summed E-state index contributed by atoms with van der Waals surface area (Å²) in [6.07, 6.45) is 8.79. The lowest BCUT2D eigenvalue weighted by atomic mass is 9.91. The SMILES string of the molecule is CCCCCCCOc1ccc(-c2cnc(-c3ccc(C[C@H](CC(=O)c4ccc(C(C)(C)C)s4)C(=O)N4C[C@H](O)C[C@H]4C(=O)O)cc3)nc2)cc1. The summed E-state index contributed by atoms with van der Waals surface area (Å²) in [4.78, 5) is 51.4. The van der Waals surface area contributed by atoms with Crippen molar-refractivity contribution in [2.45, 2.75) is 96.6 Å². The summed E-state index contributed by atoms with van der Waals surface area (Å²) in [7, 11) is 0. The Morgan fingerprint density at radius 1 is 0.902 bits per heavy atom. The molecule has 270 valence electrons. The zero-order chi connectivity index (χ0) is 36.5. The molecule has 0 unspecified atom stereocenters. The third-order valence-electron chi connectivity index (χ3n) is 9.30. The van der Waals surface area contributed by atoms with Crippen molar-refractivity contribution in [1.29, 1.82) is 0 Å². The topological polar surface area (TPSA) is 130 Å². The highest BCUT2D eigenvalue weighted by atomic mass is 32.1. The van der Waals surface area contributed by atoms with Crippen molar-refractivity contribution in [2.75, 3.05) is 13.2 Å². The molecule has 0 saturated carbocycles. The van der Waals surface area contributed by atoms with Crippen LogP contribution in [0, 0.1) is 5.92 Å². The summed E-state index contributed by atoms with van der Waals surface area (Å²) < 4.78 is 5.89. The number of amides is 1. The zero-order valence-corrected chi connectivity index (χ0v) is 30.8. The lowest BCUT2D eigenvalue weighted by Gasteiger charge is -2.26. The average Bonchev–Trinajstić information content (AvgIpc) is 3.78. The van der Waals surface area contributed by atoms with Crippen LogP contribution in [0.1, 0.15) is 92.8 Å². The molecule has 1 saturated heterocycles. The molecule has 0 bridgehead atoms. The number of hydrogen-bond acceptors (Lipinski definition) is 8. The molecule has 51 heavy (non-hydrogen) atoms. The van der Waals surface area contributed by atoms with E-state index in [9.17, 15) is 24.6 Å². The molecular weight excluding hydrogens is 663 g/mol. The molecule has 1 aliphatic heterocycles. The first-order valence-electron chi connectivity index (χ1n) is 17.9. The Labute approximate surface area is 304 Å². The summed E-state index contributed by atoms with van der Waals surface area (Å²) in [5.41, 5.74) is 3.38. The standard InChI is InChI=1S/C41H49N3O6S/c1-5-6-7-8-9-20-50-33-16-14-28(15-17-33)31-24-42-38(43-25-31)29-12-10-27(11-13-29)21-30(39(47)44-26-32(45)23-34(44)40(48)49)22-35(46)36-18-19-37(51-36)41(2,3)4/h10-19,24-25,30,32,34,45H,5-9,20-23,26H2,1-4H3,(H,48,49)/t30-,32-,34+/m1/s1. The van der Waals surface area contributed by atoms with Crippen molar-refractivity contribution in [3.05, 3.63) is 88.4 Å². The average molecular weight is 712 g/mol. The van der Waals surface area contributed by atoms with Crippen molar-refractivity contribution in [1.82, 2.24) is 14.9 Å². The van der Waals surface area contributed by atoms with Gasteiger partial charge in [-0.05, 0) is 53.6 Å². The van der Waals surface area contributed by atoms with Crippen molar-refractivity contribution >= 4 is 29.0 Å². The number of unbranched alkanes of at least 4 members (excludes halogenated alkanes) is 4. The van der Waals surface area contributed by atoms with Crippen LogP contribution in [0.25, 0.3) is 22.5 Å². The molecule has 1 fully saturated rings. The Morgan fingerprint density at radius 2 is 1.57 bits per heavy atom. The molecule has 5 rings (SSSR count). The van der Waals surface area contributed by atoms with Gasteiger partial charge < -0.3 is 19.8 Å². The second kappa shape index (κ2) is 17.2. The maximum absolute atomic E-state index is 13.9. The van der Waals surface area contributed by atoms with Crippen LogP contribution in [0.15, 0.2) is 73.1 Å². The van der Waals surface area contributed by atoms with E-state index in [0.29, 0.717) is 10.7 Å². The van der Waals surface area contributed by atoms with Crippen LogP contribution in [-0.2, 0) is 21.4 Å². The highest BCUT2D eigenvalue weighted by molar-refractivity contribution is 7.14. The number of benzene rings is 2. The first kappa shape index (κ1) is 37.8. The normalized spacial score (nSPS) is 16.6. The molecule has 2 aromatic carbocycles. The van der Waals surface area contributed by atoms with Crippen LogP contribution in [0.2, 0.25) is 0 Å². The van der Waals surface area contributed by atoms with Gasteiger partial charge in [0.15, 0.2) is 11.6 Å². The minimum absolute atomic E-state index is 0.0337. The molecule has 2 N–H and O–H groups in total. The molecule has 2 aromatic heterocycles. The molecule has 3 heterocycles. The van der Waals surface area contributed by atoms with E-state index in [1.54, 1.807) is 18.5 Å². The number of Topliss-reactive ketones (excluding diaryl/α,β-unsaturated/α-hetero) is 1. The van der Waals surface area contributed by atoms with Gasteiger partial charge in [0.2, 0.25) is 5.91 Å². The Morgan fingerprint density at radius 3 is 2.20 bits per heavy atom. The van der Waals surface area contributed by atoms with Crippen LogP contribution >= 0.6 is 11.3 Å². The molecule has 1 aliphatic rings. The fourth-order valence-electron chi connectivity index (χ4n) is 6.33. The van der Waals surface area contributed by atoms with E-state index in [-0.39, 0.29) is 37.0 Å². The number of carbonyl (C=O) groups is 3. The van der Waals surface area contributed by atoms with Gasteiger partial charge in [0.1, 0.15) is 11.8 Å². The summed E-state index contributed by atoms with van der Waals surface area (Å²) >= 11 is 1.42. The number of β-amino-alcohol motifs (C(OH)–C–C–N with tert-alkyl or cyclic N) is 1. The van der Waals surface area contributed by atoms with Crippen LogP contribution < -0.4 is 4.74 Å². The summed E-state index contributed by atoms with van der Waals surface area (Å²) in [6.45, 7) is 9.10. The van der Waals surface area contributed by atoms with Crippen LogP contribution in [0.5, 0.6) is 5.75 Å². The molecule has 3 atom stereocenters. The first-order chi connectivity index (χ1) is 24.4. The van der Waals surface area contributed by atoms with Crippen molar-refractivity contribution < 1.29 is 29.3 Å². The van der Waals surface area contributed by atoms with E-state index in [1.165, 1.54) is 41.9 Å². The van der Waals surface area contributed by atoms with E-state index >= 15 is 0 Å². The van der Waals surface area contributed by atoms with Crippen molar-refractivity contribution in [3.63, 3.8) is 0 Å². The Balaban J connectivity index is 1.26. The van der Waals surface area contributed by atoms with E-state index < -0.39 is 29.9 Å². The minimum atomic E-state index is -1.16. The van der Waals surface area contributed by atoms with Gasteiger partial charge >= 0.3 is 5.97 Å². The summed E-state index contributed by atoms with van der Waals surface area (Å²) in [5.74, 6) is -1.16. The van der Waals surface area contributed by atoms with Gasteiger partial charge in [0, 0.05) is 53.7 Å². The minimum Gasteiger partial charge on any atom is -0.494 e. The van der Waals surface area contributed by atoms with Crippen molar-refractivity contribution in [3.8, 4) is 28.3 Å². The highest BCUT2D eigenvalue weighted by Gasteiger charge is 2.41. The number of aliphatic carboxylic acids is 1. The smallest absolute Gasteiger partial charge is 0.326 e. The first-order valence-corrected chi connectivity index (χ1v) is 18.7. The van der Waals surface area contributed by atoms with Gasteiger partial charge in [-0.1, -0.05) is 89.8 Å². The monoisotopic (exact) mass is 711 g/mol. The highest BCUT2D eigenvalue weighted by Crippen LogP contribution is 2.32. The van der Waals surface area contributed by atoms with Gasteiger partial charge in [-0.3, -0.25) is 9.59 Å². The number of aliphatic hydroxyl groups is 1. The maximum atomic E-state index is 13.9. The number of carboxylic acids is 1. The second-order valence-corrected chi connectivity index (χ2v) is 15.5. The number of aliphatic hydroxyl groups excluding tert-OH is 1. The molecule has 10 heteroatoms. The van der Waals surface area contributed by atoms with E-state index in [4.69, 9.17) is 4.74 Å². The van der Waals surface area contributed by atoms with Crippen molar-refractivity contribution in [2.24, 2.45) is 5.92 Å². The summed E-state index contributed by atoms with van der Waals surface area (Å²) in [6, 6.07) is 18.1. The van der Waals surface area contributed by atoms with Gasteiger partial charge in [-0.25, -0.2) is 14.8 Å². The second-order valence-electron chi connectivity index (χ2n) is 14.5. The maximum Gasteiger partial charge on any atom is 0.326 e. The number of carbonyl (C=O) groups excluding carboxylic acids is 2. The number of carboxylic acid groups (broad SMARTS) is 1. The van der Waals surface area contributed by atoms with E-state index in [2.05, 4.69) is 37.7 Å². The Hall–Kier alpha value is -4.41. The molecule has 0 radical (unpaired) electrons. The van der Waals surface area contributed by atoms with Crippen LogP contribution in [0.4, 0.5) is 0 Å². The number of aromatic nitrogens is 2. The predicted molar refractivity (Wildman–Crippen MR) is 200 cm³/mol.